The lowest BCUT2D eigenvalue weighted by Gasteiger charge is -1.99. The van der Waals surface area contributed by atoms with Crippen molar-refractivity contribution in [1.29, 1.82) is 0 Å². The number of hydrogen-bond acceptors (Lipinski definition) is 2. The number of Topliss-reactive ketones (excluding diaryl/α,β-unsaturated/α-hetero) is 1. The molecule has 0 aliphatic heterocycles. The molecule has 0 aromatic heterocycles. The van der Waals surface area contributed by atoms with E-state index in [2.05, 4.69) is 19.9 Å². The molecule has 96 valence electrons. The lowest BCUT2D eigenvalue weighted by molar-refractivity contribution is -0.140. The van der Waals surface area contributed by atoms with E-state index < -0.39 is 5.97 Å². The number of hydrogen-bond donors (Lipinski definition) is 1. The minimum absolute atomic E-state index is 0.203. The third-order valence-electron chi connectivity index (χ3n) is 2.36. The lowest BCUT2D eigenvalue weighted by atomic mass is 10.1. The molecule has 1 N–H and O–H groups in total. The summed E-state index contributed by atoms with van der Waals surface area (Å²) in [7, 11) is 0. The van der Waals surface area contributed by atoms with Gasteiger partial charge >= 0.3 is 5.97 Å². The SMILES string of the molecule is CC(C)=CCCC(C)=CCCC(=O)CC(=O)O. The summed E-state index contributed by atoms with van der Waals surface area (Å²) in [5, 5.41) is 8.42. The first kappa shape index (κ1) is 15.6. The van der Waals surface area contributed by atoms with Crippen LogP contribution >= 0.6 is 0 Å². The van der Waals surface area contributed by atoms with Crippen LogP contribution in [0, 0.1) is 0 Å². The Labute approximate surface area is 103 Å². The Morgan fingerprint density at radius 3 is 2.12 bits per heavy atom. The van der Waals surface area contributed by atoms with Gasteiger partial charge in [-0.25, -0.2) is 0 Å². The molecule has 0 aromatic carbocycles. The van der Waals surface area contributed by atoms with Gasteiger partial charge in [-0.15, -0.1) is 0 Å². The highest BCUT2D eigenvalue weighted by molar-refractivity contribution is 5.94. The molecule has 0 unspecified atom stereocenters. The molecule has 0 rings (SSSR count). The van der Waals surface area contributed by atoms with Crippen molar-refractivity contribution in [3.8, 4) is 0 Å². The zero-order chi connectivity index (χ0) is 13.3. The molecule has 0 saturated heterocycles. The largest absolute Gasteiger partial charge is 0.481 e. The molecular formula is C14H22O3. The van der Waals surface area contributed by atoms with Crippen LogP contribution < -0.4 is 0 Å². The average Bonchev–Trinajstić information content (AvgIpc) is 2.15. The van der Waals surface area contributed by atoms with Crippen LogP contribution in [0.15, 0.2) is 23.3 Å². The molecule has 0 saturated carbocycles. The first-order valence-electron chi connectivity index (χ1n) is 5.94. The van der Waals surface area contributed by atoms with Crippen molar-refractivity contribution in [3.05, 3.63) is 23.3 Å². The second kappa shape index (κ2) is 8.74. The van der Waals surface area contributed by atoms with Gasteiger partial charge in [-0.3, -0.25) is 9.59 Å². The van der Waals surface area contributed by atoms with Crippen LogP contribution in [0.4, 0.5) is 0 Å². The highest BCUT2D eigenvalue weighted by atomic mass is 16.4. The Morgan fingerprint density at radius 1 is 1.00 bits per heavy atom. The fourth-order valence-electron chi connectivity index (χ4n) is 1.43. The van der Waals surface area contributed by atoms with E-state index in [1.54, 1.807) is 0 Å². The van der Waals surface area contributed by atoms with Crippen molar-refractivity contribution in [2.45, 2.75) is 52.9 Å². The highest BCUT2D eigenvalue weighted by Gasteiger charge is 2.05. The Balaban J connectivity index is 3.80. The fourth-order valence-corrected chi connectivity index (χ4v) is 1.43. The third-order valence-corrected chi connectivity index (χ3v) is 2.36. The van der Waals surface area contributed by atoms with Gasteiger partial charge in [0, 0.05) is 6.42 Å². The molecular weight excluding hydrogens is 216 g/mol. The maximum atomic E-state index is 11.1. The number of allylic oxidation sites excluding steroid dienone is 4. The van der Waals surface area contributed by atoms with Crippen LogP contribution in [0.25, 0.3) is 0 Å². The van der Waals surface area contributed by atoms with E-state index in [-0.39, 0.29) is 12.2 Å². The molecule has 0 radical (unpaired) electrons. The standard InChI is InChI=1S/C14H22O3/c1-11(2)6-4-7-12(3)8-5-9-13(15)10-14(16)17/h6,8H,4-5,7,9-10H2,1-3H3,(H,16,17). The molecule has 3 heteroatoms. The number of ketones is 1. The van der Waals surface area contributed by atoms with Gasteiger partial charge in [0.1, 0.15) is 12.2 Å². The van der Waals surface area contributed by atoms with Gasteiger partial charge in [0.15, 0.2) is 0 Å². The molecule has 0 aromatic rings. The fraction of sp³-hybridized carbons (Fsp3) is 0.571. The van der Waals surface area contributed by atoms with E-state index in [4.69, 9.17) is 5.11 Å². The topological polar surface area (TPSA) is 54.4 Å². The number of rotatable bonds is 8. The summed E-state index contributed by atoms with van der Waals surface area (Å²) in [5.74, 6) is -1.25. The van der Waals surface area contributed by atoms with E-state index in [1.165, 1.54) is 11.1 Å². The minimum Gasteiger partial charge on any atom is -0.481 e. The number of carboxylic acid groups (broad SMARTS) is 1. The summed E-state index contributed by atoms with van der Waals surface area (Å²) in [6.07, 6.45) is 6.85. The maximum absolute atomic E-state index is 11.1. The van der Waals surface area contributed by atoms with E-state index in [0.717, 1.165) is 12.8 Å². The van der Waals surface area contributed by atoms with Gasteiger partial charge in [-0.1, -0.05) is 23.3 Å². The van der Waals surface area contributed by atoms with Gasteiger partial charge in [0.25, 0.3) is 0 Å². The van der Waals surface area contributed by atoms with Crippen LogP contribution in [0.2, 0.25) is 0 Å². The molecule has 17 heavy (non-hydrogen) atoms. The number of aliphatic carboxylic acids is 1. The van der Waals surface area contributed by atoms with Crippen molar-refractivity contribution in [3.63, 3.8) is 0 Å². The van der Waals surface area contributed by atoms with Crippen molar-refractivity contribution >= 4 is 11.8 Å². The van der Waals surface area contributed by atoms with Gasteiger partial charge in [0.2, 0.25) is 0 Å². The van der Waals surface area contributed by atoms with Crippen LogP contribution in [0.1, 0.15) is 52.9 Å². The summed E-state index contributed by atoms with van der Waals surface area (Å²) in [6.45, 7) is 6.19. The van der Waals surface area contributed by atoms with Crippen molar-refractivity contribution in [2.75, 3.05) is 0 Å². The first-order chi connectivity index (χ1) is 7.91. The van der Waals surface area contributed by atoms with Crippen LogP contribution in [0.5, 0.6) is 0 Å². The molecule has 0 aliphatic carbocycles. The minimum atomic E-state index is -1.04. The van der Waals surface area contributed by atoms with E-state index in [1.807, 2.05) is 13.0 Å². The summed E-state index contributed by atoms with van der Waals surface area (Å²) in [5.41, 5.74) is 2.57. The highest BCUT2D eigenvalue weighted by Crippen LogP contribution is 2.09. The monoisotopic (exact) mass is 238 g/mol. The van der Waals surface area contributed by atoms with Crippen molar-refractivity contribution in [2.24, 2.45) is 0 Å². The molecule has 0 aliphatic rings. The molecule has 0 fully saturated rings. The van der Waals surface area contributed by atoms with Crippen LogP contribution in [-0.4, -0.2) is 16.9 Å². The second-order valence-corrected chi connectivity index (χ2v) is 4.52. The Hall–Kier alpha value is -1.38. The van der Waals surface area contributed by atoms with E-state index in [9.17, 15) is 9.59 Å². The lowest BCUT2D eigenvalue weighted by Crippen LogP contribution is -2.05. The van der Waals surface area contributed by atoms with Gasteiger partial charge < -0.3 is 5.11 Å². The van der Waals surface area contributed by atoms with Gasteiger partial charge in [-0.05, 0) is 40.0 Å². The number of carboxylic acids is 1. The quantitative estimate of drug-likeness (QED) is 0.520. The van der Waals surface area contributed by atoms with Crippen LogP contribution in [-0.2, 0) is 9.59 Å². The number of carbonyl (C=O) groups is 2. The van der Waals surface area contributed by atoms with Crippen molar-refractivity contribution in [1.82, 2.24) is 0 Å². The van der Waals surface area contributed by atoms with Gasteiger partial charge in [0.05, 0.1) is 0 Å². The smallest absolute Gasteiger partial charge is 0.310 e. The summed E-state index contributed by atoms with van der Waals surface area (Å²) in [6, 6.07) is 0. The van der Waals surface area contributed by atoms with E-state index in [0.29, 0.717) is 12.8 Å². The Morgan fingerprint density at radius 2 is 1.59 bits per heavy atom. The Kier molecular flexibility index (Phi) is 8.03. The molecule has 0 bridgehead atoms. The Bertz CT molecular complexity index is 320. The maximum Gasteiger partial charge on any atom is 0.310 e. The zero-order valence-electron chi connectivity index (χ0n) is 11.0. The second-order valence-electron chi connectivity index (χ2n) is 4.52. The molecule has 3 nitrogen and oxygen atoms in total. The molecule has 0 atom stereocenters. The molecule has 0 heterocycles. The summed E-state index contributed by atoms with van der Waals surface area (Å²) in [4.78, 5) is 21.4. The predicted molar refractivity (Wildman–Crippen MR) is 68.9 cm³/mol. The van der Waals surface area contributed by atoms with E-state index >= 15 is 0 Å². The van der Waals surface area contributed by atoms with Crippen molar-refractivity contribution < 1.29 is 14.7 Å². The average molecular weight is 238 g/mol. The van der Waals surface area contributed by atoms with Gasteiger partial charge in [-0.2, -0.15) is 0 Å². The molecule has 0 amide bonds. The zero-order valence-corrected chi connectivity index (χ0v) is 11.0. The summed E-state index contributed by atoms with van der Waals surface area (Å²) < 4.78 is 0. The number of carbonyl (C=O) groups excluding carboxylic acids is 1. The van der Waals surface area contributed by atoms with Crippen LogP contribution in [0.3, 0.4) is 0 Å². The first-order valence-corrected chi connectivity index (χ1v) is 5.94. The normalized spacial score (nSPS) is 11.1. The molecule has 0 spiro atoms. The third kappa shape index (κ3) is 10.9. The summed E-state index contributed by atoms with van der Waals surface area (Å²) >= 11 is 0. The predicted octanol–water partition coefficient (Wildman–Crippen LogP) is 3.50.